The number of hydrogen-bond acceptors (Lipinski definition) is 5. The number of ether oxygens (including phenoxy) is 1. The van der Waals surface area contributed by atoms with Gasteiger partial charge >= 0.3 is 6.01 Å². The third kappa shape index (κ3) is 4.26. The van der Waals surface area contributed by atoms with Crippen molar-refractivity contribution in [2.24, 2.45) is 0 Å². The lowest BCUT2D eigenvalue weighted by atomic mass is 10.2. The summed E-state index contributed by atoms with van der Waals surface area (Å²) in [6.07, 6.45) is 0.927. The second-order valence-corrected chi connectivity index (χ2v) is 4.72. The van der Waals surface area contributed by atoms with Crippen LogP contribution in [0.25, 0.3) is 11.4 Å². The first-order chi connectivity index (χ1) is 10.1. The first-order valence-corrected chi connectivity index (χ1v) is 7.09. The largest absolute Gasteiger partial charge is 0.464 e. The zero-order valence-electron chi connectivity index (χ0n) is 11.9. The number of halogens is 2. The van der Waals surface area contributed by atoms with E-state index in [-0.39, 0.29) is 11.0 Å². The van der Waals surface area contributed by atoms with Gasteiger partial charge in [-0.05, 0) is 31.5 Å². The summed E-state index contributed by atoms with van der Waals surface area (Å²) < 4.78 is 18.8. The summed E-state index contributed by atoms with van der Waals surface area (Å²) in [6, 6.07) is 4.34. The molecule has 0 atom stereocenters. The molecule has 21 heavy (non-hydrogen) atoms. The topological polar surface area (TPSA) is 59.9 Å². The molecule has 112 valence electrons. The van der Waals surface area contributed by atoms with Crippen molar-refractivity contribution in [1.82, 2.24) is 15.0 Å². The van der Waals surface area contributed by atoms with Gasteiger partial charge in [0.1, 0.15) is 5.82 Å². The first kappa shape index (κ1) is 15.4. The number of anilines is 1. The second kappa shape index (κ2) is 7.17. The zero-order chi connectivity index (χ0) is 15.2. The molecule has 0 saturated heterocycles. The Morgan fingerprint density at radius 1 is 1.19 bits per heavy atom. The monoisotopic (exact) mass is 310 g/mol. The number of nitrogens with one attached hydrogen (secondary N) is 1. The van der Waals surface area contributed by atoms with Crippen LogP contribution in [0.1, 0.15) is 20.3 Å². The molecular formula is C14H16ClFN4O. The van der Waals surface area contributed by atoms with Crippen LogP contribution in [0.2, 0.25) is 5.02 Å². The molecule has 7 heteroatoms. The lowest BCUT2D eigenvalue weighted by Crippen LogP contribution is -2.08. The molecule has 0 spiro atoms. The highest BCUT2D eigenvalue weighted by molar-refractivity contribution is 6.30. The molecule has 2 aromatic rings. The van der Waals surface area contributed by atoms with Gasteiger partial charge in [0.05, 0.1) is 6.61 Å². The van der Waals surface area contributed by atoms with Crippen molar-refractivity contribution in [3.8, 4) is 17.4 Å². The van der Waals surface area contributed by atoms with Crippen LogP contribution in [0.4, 0.5) is 10.3 Å². The Hall–Kier alpha value is -1.95. The predicted octanol–water partition coefficient (Wildman–Crippen LogP) is 3.55. The van der Waals surface area contributed by atoms with Gasteiger partial charge < -0.3 is 10.1 Å². The van der Waals surface area contributed by atoms with E-state index in [1.807, 2.05) is 13.8 Å². The summed E-state index contributed by atoms with van der Waals surface area (Å²) in [6.45, 7) is 5.02. The maximum Gasteiger partial charge on any atom is 0.321 e. The number of benzene rings is 1. The molecule has 0 bridgehead atoms. The van der Waals surface area contributed by atoms with Crippen molar-refractivity contribution in [2.45, 2.75) is 20.3 Å². The second-order valence-electron chi connectivity index (χ2n) is 4.28. The van der Waals surface area contributed by atoms with E-state index in [9.17, 15) is 4.39 Å². The third-order valence-electron chi connectivity index (χ3n) is 2.54. The van der Waals surface area contributed by atoms with Gasteiger partial charge in [-0.1, -0.05) is 18.5 Å². The highest BCUT2D eigenvalue weighted by atomic mass is 35.5. The van der Waals surface area contributed by atoms with Crippen molar-refractivity contribution in [1.29, 1.82) is 0 Å². The average molecular weight is 311 g/mol. The van der Waals surface area contributed by atoms with E-state index in [2.05, 4.69) is 20.3 Å². The number of aromatic nitrogens is 3. The molecule has 1 aromatic heterocycles. The molecular weight excluding hydrogens is 295 g/mol. The van der Waals surface area contributed by atoms with E-state index in [0.29, 0.717) is 23.9 Å². The molecule has 0 aliphatic rings. The summed E-state index contributed by atoms with van der Waals surface area (Å²) >= 11 is 5.87. The van der Waals surface area contributed by atoms with E-state index in [1.165, 1.54) is 12.1 Å². The Morgan fingerprint density at radius 2 is 2.00 bits per heavy atom. The van der Waals surface area contributed by atoms with E-state index >= 15 is 0 Å². The smallest absolute Gasteiger partial charge is 0.321 e. The van der Waals surface area contributed by atoms with Gasteiger partial charge in [-0.2, -0.15) is 15.0 Å². The quantitative estimate of drug-likeness (QED) is 0.884. The minimum absolute atomic E-state index is 0.196. The van der Waals surface area contributed by atoms with Crippen LogP contribution in [-0.2, 0) is 0 Å². The lowest BCUT2D eigenvalue weighted by molar-refractivity contribution is 0.312. The van der Waals surface area contributed by atoms with Crippen LogP contribution >= 0.6 is 11.6 Å². The van der Waals surface area contributed by atoms with Gasteiger partial charge in [0, 0.05) is 17.1 Å². The van der Waals surface area contributed by atoms with E-state index in [0.717, 1.165) is 13.0 Å². The SMILES string of the molecule is CCCNc1nc(OCC)nc(-c2cc(F)cc(Cl)c2)n1. The summed E-state index contributed by atoms with van der Waals surface area (Å²) in [7, 11) is 0. The molecule has 0 amide bonds. The maximum absolute atomic E-state index is 13.5. The number of nitrogens with zero attached hydrogens (tertiary/aromatic N) is 3. The average Bonchev–Trinajstić information content (AvgIpc) is 2.44. The summed E-state index contributed by atoms with van der Waals surface area (Å²) in [5, 5.41) is 3.35. The van der Waals surface area contributed by atoms with Crippen molar-refractivity contribution in [3.63, 3.8) is 0 Å². The van der Waals surface area contributed by atoms with Crippen LogP contribution in [0.3, 0.4) is 0 Å². The van der Waals surface area contributed by atoms with E-state index in [1.54, 1.807) is 6.07 Å². The van der Waals surface area contributed by atoms with Crippen molar-refractivity contribution in [2.75, 3.05) is 18.5 Å². The molecule has 0 unspecified atom stereocenters. The van der Waals surface area contributed by atoms with Gasteiger partial charge in [0.15, 0.2) is 5.82 Å². The van der Waals surface area contributed by atoms with Gasteiger partial charge in [-0.25, -0.2) is 4.39 Å². The molecule has 2 rings (SSSR count). The Balaban J connectivity index is 2.42. The minimum atomic E-state index is -0.445. The van der Waals surface area contributed by atoms with Crippen molar-refractivity contribution in [3.05, 3.63) is 29.0 Å². The van der Waals surface area contributed by atoms with Crippen LogP contribution in [-0.4, -0.2) is 28.1 Å². The molecule has 5 nitrogen and oxygen atoms in total. The normalized spacial score (nSPS) is 10.5. The molecule has 1 aromatic carbocycles. The van der Waals surface area contributed by atoms with Gasteiger partial charge in [-0.3, -0.25) is 0 Å². The van der Waals surface area contributed by atoms with Crippen LogP contribution < -0.4 is 10.1 Å². The molecule has 0 radical (unpaired) electrons. The van der Waals surface area contributed by atoms with Gasteiger partial charge in [0.2, 0.25) is 5.95 Å². The van der Waals surface area contributed by atoms with Gasteiger partial charge in [-0.15, -0.1) is 0 Å². The molecule has 0 fully saturated rings. The number of hydrogen-bond donors (Lipinski definition) is 1. The van der Waals surface area contributed by atoms with Crippen molar-refractivity contribution >= 4 is 17.5 Å². The van der Waals surface area contributed by atoms with E-state index in [4.69, 9.17) is 16.3 Å². The van der Waals surface area contributed by atoms with Crippen LogP contribution in [0, 0.1) is 5.82 Å². The molecule has 0 saturated carbocycles. The third-order valence-corrected chi connectivity index (χ3v) is 2.76. The predicted molar refractivity (Wildman–Crippen MR) is 80.2 cm³/mol. The van der Waals surface area contributed by atoms with Crippen LogP contribution in [0.15, 0.2) is 18.2 Å². The fourth-order valence-corrected chi connectivity index (χ4v) is 1.90. The highest BCUT2D eigenvalue weighted by Crippen LogP contribution is 2.23. The Kier molecular flexibility index (Phi) is 5.27. The Bertz CT molecular complexity index is 604. The van der Waals surface area contributed by atoms with Crippen molar-refractivity contribution < 1.29 is 9.13 Å². The first-order valence-electron chi connectivity index (χ1n) is 6.71. The minimum Gasteiger partial charge on any atom is -0.464 e. The maximum atomic E-state index is 13.5. The summed E-state index contributed by atoms with van der Waals surface area (Å²) in [4.78, 5) is 12.6. The zero-order valence-corrected chi connectivity index (χ0v) is 12.6. The Labute approximate surface area is 127 Å². The molecule has 0 aliphatic heterocycles. The summed E-state index contributed by atoms with van der Waals surface area (Å²) in [5.74, 6) is 0.262. The van der Waals surface area contributed by atoms with E-state index < -0.39 is 5.82 Å². The lowest BCUT2D eigenvalue weighted by Gasteiger charge is -2.08. The van der Waals surface area contributed by atoms with Gasteiger partial charge in [0.25, 0.3) is 0 Å². The molecule has 0 aliphatic carbocycles. The highest BCUT2D eigenvalue weighted by Gasteiger charge is 2.11. The van der Waals surface area contributed by atoms with Crippen LogP contribution in [0.5, 0.6) is 6.01 Å². The standard InChI is InChI=1S/C14H16ClFN4O/c1-3-5-17-13-18-12(19-14(20-13)21-4-2)9-6-10(15)8-11(16)7-9/h6-8H,3-5H2,1-2H3,(H,17,18,19,20). The Morgan fingerprint density at radius 3 is 2.67 bits per heavy atom. The molecule has 1 heterocycles. The fraction of sp³-hybridized carbons (Fsp3) is 0.357. The fourth-order valence-electron chi connectivity index (χ4n) is 1.68. The molecule has 1 N–H and O–H groups in total. The summed E-state index contributed by atoms with van der Waals surface area (Å²) in [5.41, 5.74) is 0.475. The number of rotatable bonds is 6.